The highest BCUT2D eigenvalue weighted by Crippen LogP contribution is 2.22. The molecule has 1 atom stereocenters. The minimum atomic E-state index is -0.969. The minimum absolute atomic E-state index is 0.120. The van der Waals surface area contributed by atoms with E-state index in [-0.39, 0.29) is 18.4 Å². The fourth-order valence-electron chi connectivity index (χ4n) is 1.17. The number of carbonyl (C=O) groups is 2. The van der Waals surface area contributed by atoms with Crippen LogP contribution >= 0.6 is 0 Å². The second-order valence-electron chi connectivity index (χ2n) is 3.01. The smallest absolute Gasteiger partial charge is 0.323 e. The molecule has 0 radical (unpaired) electrons. The fraction of sp³-hybridized carbons (Fsp3) is 0.500. The van der Waals surface area contributed by atoms with E-state index in [4.69, 9.17) is 5.11 Å². The molecule has 1 N–H and O–H groups in total. The highest BCUT2D eigenvalue weighted by atomic mass is 16.4. The summed E-state index contributed by atoms with van der Waals surface area (Å²) in [6.45, 7) is 5.73. The topological polar surface area (TPSA) is 57.6 Å². The molecule has 1 aliphatic heterocycles. The van der Waals surface area contributed by atoms with Crippen molar-refractivity contribution in [2.45, 2.75) is 6.92 Å². The zero-order valence-corrected chi connectivity index (χ0v) is 6.91. The van der Waals surface area contributed by atoms with Crippen molar-refractivity contribution in [1.29, 1.82) is 0 Å². The van der Waals surface area contributed by atoms with Crippen molar-refractivity contribution in [3.63, 3.8) is 0 Å². The second kappa shape index (κ2) is 2.97. The van der Waals surface area contributed by atoms with Crippen LogP contribution < -0.4 is 0 Å². The van der Waals surface area contributed by atoms with Crippen LogP contribution in [0.2, 0.25) is 0 Å². The molecule has 0 aromatic carbocycles. The van der Waals surface area contributed by atoms with Gasteiger partial charge < -0.3 is 10.0 Å². The van der Waals surface area contributed by atoms with Crippen LogP contribution in [0.1, 0.15) is 6.92 Å². The quantitative estimate of drug-likeness (QED) is 0.481. The first-order valence-electron chi connectivity index (χ1n) is 3.68. The van der Waals surface area contributed by atoms with Crippen molar-refractivity contribution in [2.24, 2.45) is 5.92 Å². The number of nitrogens with zero attached hydrogens (tertiary/aromatic N) is 1. The summed E-state index contributed by atoms with van der Waals surface area (Å²) < 4.78 is 0. The molecule has 4 heteroatoms. The Balaban J connectivity index is 2.44. The highest BCUT2D eigenvalue weighted by molar-refractivity contribution is 5.90. The van der Waals surface area contributed by atoms with Crippen LogP contribution in [0.3, 0.4) is 0 Å². The van der Waals surface area contributed by atoms with Gasteiger partial charge >= 0.3 is 5.97 Å². The van der Waals surface area contributed by atoms with E-state index in [9.17, 15) is 9.59 Å². The van der Waals surface area contributed by atoms with Gasteiger partial charge in [-0.15, -0.1) is 0 Å². The van der Waals surface area contributed by atoms with E-state index in [1.54, 1.807) is 6.92 Å². The number of hydrogen-bond acceptors (Lipinski definition) is 2. The van der Waals surface area contributed by atoms with Gasteiger partial charge in [0.05, 0.1) is 5.92 Å². The van der Waals surface area contributed by atoms with Gasteiger partial charge in [-0.2, -0.15) is 0 Å². The molecule has 1 aliphatic rings. The number of likely N-dealkylation sites (tertiary alicyclic amines) is 1. The first kappa shape index (κ1) is 8.77. The molecule has 4 nitrogen and oxygen atoms in total. The third kappa shape index (κ3) is 1.47. The van der Waals surface area contributed by atoms with Gasteiger partial charge in [-0.25, -0.2) is 0 Å². The molecule has 1 amide bonds. The van der Waals surface area contributed by atoms with Crippen LogP contribution in [0.5, 0.6) is 0 Å². The third-order valence-electron chi connectivity index (χ3n) is 1.93. The van der Waals surface area contributed by atoms with Gasteiger partial charge in [0.25, 0.3) is 0 Å². The van der Waals surface area contributed by atoms with E-state index >= 15 is 0 Å². The molecule has 0 bridgehead atoms. The Morgan fingerprint density at radius 2 is 2.42 bits per heavy atom. The Bertz CT molecular complexity index is 247. The number of carbonyl (C=O) groups excluding carboxylic acids is 1. The summed E-state index contributed by atoms with van der Waals surface area (Å²) in [4.78, 5) is 22.7. The van der Waals surface area contributed by atoms with E-state index in [0.717, 1.165) is 5.57 Å². The minimum Gasteiger partial charge on any atom is -0.480 e. The van der Waals surface area contributed by atoms with E-state index in [1.165, 1.54) is 4.90 Å². The predicted molar refractivity (Wildman–Crippen MR) is 42.5 cm³/mol. The summed E-state index contributed by atoms with van der Waals surface area (Å²) in [5.41, 5.74) is 0.807. The average Bonchev–Trinajstić information content (AvgIpc) is 1.95. The number of β-lactam (4-membered cyclic amide) rings is 1. The number of hydrogen-bond donors (Lipinski definition) is 1. The molecule has 0 saturated carbocycles. The van der Waals surface area contributed by atoms with Crippen LogP contribution in [-0.4, -0.2) is 35.0 Å². The van der Waals surface area contributed by atoms with Crippen molar-refractivity contribution >= 4 is 11.9 Å². The summed E-state index contributed by atoms with van der Waals surface area (Å²) in [5.74, 6) is -1.24. The number of carboxylic acids is 1. The Hall–Kier alpha value is -1.32. The molecule has 0 aromatic heterocycles. The van der Waals surface area contributed by atoms with Crippen molar-refractivity contribution < 1.29 is 14.7 Å². The van der Waals surface area contributed by atoms with Crippen molar-refractivity contribution in [3.05, 3.63) is 12.2 Å². The molecule has 66 valence electrons. The maximum Gasteiger partial charge on any atom is 0.323 e. The average molecular weight is 169 g/mol. The second-order valence-corrected chi connectivity index (χ2v) is 3.01. The molecule has 12 heavy (non-hydrogen) atoms. The highest BCUT2D eigenvalue weighted by Gasteiger charge is 2.37. The summed E-state index contributed by atoms with van der Waals surface area (Å²) in [5, 5.41) is 8.38. The molecule has 0 spiro atoms. The molecule has 1 rings (SSSR count). The van der Waals surface area contributed by atoms with E-state index in [1.807, 2.05) is 0 Å². The molecule has 1 unspecified atom stereocenters. The lowest BCUT2D eigenvalue weighted by molar-refractivity contribution is -0.153. The van der Waals surface area contributed by atoms with Crippen LogP contribution in [0.15, 0.2) is 12.2 Å². The molecular weight excluding hydrogens is 158 g/mol. The zero-order valence-electron chi connectivity index (χ0n) is 6.91. The molecule has 0 aliphatic carbocycles. The Morgan fingerprint density at radius 3 is 2.75 bits per heavy atom. The molecule has 0 aromatic rings. The lowest BCUT2D eigenvalue weighted by Gasteiger charge is -2.37. The van der Waals surface area contributed by atoms with Gasteiger partial charge in [0.2, 0.25) is 5.91 Å². The van der Waals surface area contributed by atoms with Gasteiger partial charge in [0.15, 0.2) is 0 Å². The molecular formula is C8H11NO3. The number of rotatable bonds is 3. The number of amides is 1. The van der Waals surface area contributed by atoms with Crippen LogP contribution in [0.25, 0.3) is 0 Å². The van der Waals surface area contributed by atoms with Crippen LogP contribution in [0.4, 0.5) is 0 Å². The van der Waals surface area contributed by atoms with Crippen molar-refractivity contribution in [1.82, 2.24) is 4.90 Å². The summed E-state index contributed by atoms with van der Waals surface area (Å²) >= 11 is 0. The largest absolute Gasteiger partial charge is 0.480 e. The van der Waals surface area contributed by atoms with Crippen molar-refractivity contribution in [2.75, 3.05) is 13.1 Å². The Kier molecular flexibility index (Phi) is 2.17. The lowest BCUT2D eigenvalue weighted by atomic mass is 9.92. The van der Waals surface area contributed by atoms with E-state index < -0.39 is 5.97 Å². The van der Waals surface area contributed by atoms with Gasteiger partial charge in [-0.05, 0) is 6.92 Å². The summed E-state index contributed by atoms with van der Waals surface area (Å²) in [6.07, 6.45) is 0. The first-order chi connectivity index (χ1) is 5.52. The fourth-order valence-corrected chi connectivity index (χ4v) is 1.17. The van der Waals surface area contributed by atoms with Gasteiger partial charge in [0, 0.05) is 6.54 Å². The van der Waals surface area contributed by atoms with Gasteiger partial charge in [0.1, 0.15) is 6.54 Å². The maximum atomic E-state index is 11.1. The SMILES string of the molecule is C=C(C)C1CN(CC(=O)O)C1=O. The van der Waals surface area contributed by atoms with Gasteiger partial charge in [-0.1, -0.05) is 12.2 Å². The lowest BCUT2D eigenvalue weighted by Crippen LogP contribution is -2.54. The summed E-state index contributed by atoms with van der Waals surface area (Å²) in [6, 6.07) is 0. The Morgan fingerprint density at radius 1 is 1.83 bits per heavy atom. The molecule has 1 fully saturated rings. The monoisotopic (exact) mass is 169 g/mol. The van der Waals surface area contributed by atoms with E-state index in [0.29, 0.717) is 6.54 Å². The number of aliphatic carboxylic acids is 1. The normalized spacial score (nSPS) is 21.9. The van der Waals surface area contributed by atoms with Gasteiger partial charge in [-0.3, -0.25) is 9.59 Å². The van der Waals surface area contributed by atoms with Crippen LogP contribution in [-0.2, 0) is 9.59 Å². The summed E-state index contributed by atoms with van der Waals surface area (Å²) in [7, 11) is 0. The molecule has 1 heterocycles. The molecule has 1 saturated heterocycles. The number of carboxylic acid groups (broad SMARTS) is 1. The maximum absolute atomic E-state index is 11.1. The van der Waals surface area contributed by atoms with Crippen molar-refractivity contribution in [3.8, 4) is 0 Å². The standard InChI is InChI=1S/C8H11NO3/c1-5(2)6-3-9(8(6)12)4-7(10)11/h6H,1,3-4H2,2H3,(H,10,11). The third-order valence-corrected chi connectivity index (χ3v) is 1.93. The zero-order chi connectivity index (χ0) is 9.30. The Labute approximate surface area is 70.5 Å². The van der Waals surface area contributed by atoms with Crippen LogP contribution in [0, 0.1) is 5.92 Å². The first-order valence-corrected chi connectivity index (χ1v) is 3.68. The van der Waals surface area contributed by atoms with E-state index in [2.05, 4.69) is 6.58 Å². The predicted octanol–water partition coefficient (Wildman–Crippen LogP) is 0.106.